The maximum absolute atomic E-state index is 5.85. The molecule has 0 aliphatic heterocycles. The van der Waals surface area contributed by atoms with Crippen molar-refractivity contribution in [3.8, 4) is 11.5 Å². The van der Waals surface area contributed by atoms with Gasteiger partial charge in [0.1, 0.15) is 18.1 Å². The highest BCUT2D eigenvalue weighted by Gasteiger charge is 1.97. The summed E-state index contributed by atoms with van der Waals surface area (Å²) in [5, 5.41) is 4.05. The molecule has 2 rings (SSSR count). The van der Waals surface area contributed by atoms with Crippen molar-refractivity contribution in [2.75, 3.05) is 25.1 Å². The molecule has 0 spiro atoms. The van der Waals surface area contributed by atoms with Gasteiger partial charge >= 0.3 is 0 Å². The van der Waals surface area contributed by atoms with Gasteiger partial charge in [-0.15, -0.1) is 0 Å². The van der Waals surface area contributed by atoms with E-state index >= 15 is 0 Å². The molecule has 4 heteroatoms. The standard InChI is InChI=1S/C21H28ClNO2/c1-2-3-4-5-6-16-24-21-13-9-19(10-14-21)23-15-17-25-20-11-7-18(22)8-12-20/h7-14,23H,2-6,15-17H2,1H3. The van der Waals surface area contributed by atoms with Crippen molar-refractivity contribution in [3.63, 3.8) is 0 Å². The molecule has 0 saturated carbocycles. The van der Waals surface area contributed by atoms with Gasteiger partial charge < -0.3 is 14.8 Å². The highest BCUT2D eigenvalue weighted by Crippen LogP contribution is 2.17. The normalized spacial score (nSPS) is 10.5. The molecule has 0 aromatic heterocycles. The minimum absolute atomic E-state index is 0.595. The van der Waals surface area contributed by atoms with Crippen molar-refractivity contribution in [1.29, 1.82) is 0 Å². The molecule has 2 aromatic rings. The number of anilines is 1. The van der Waals surface area contributed by atoms with E-state index in [2.05, 4.69) is 12.2 Å². The molecule has 136 valence electrons. The van der Waals surface area contributed by atoms with E-state index in [9.17, 15) is 0 Å². The molecular formula is C21H28ClNO2. The van der Waals surface area contributed by atoms with Crippen LogP contribution in [0.5, 0.6) is 11.5 Å². The zero-order valence-corrected chi connectivity index (χ0v) is 15.7. The molecule has 0 saturated heterocycles. The highest BCUT2D eigenvalue weighted by molar-refractivity contribution is 6.30. The van der Waals surface area contributed by atoms with E-state index in [1.165, 1.54) is 25.7 Å². The monoisotopic (exact) mass is 361 g/mol. The van der Waals surface area contributed by atoms with Crippen LogP contribution in [0.25, 0.3) is 0 Å². The molecule has 0 aliphatic rings. The third-order valence-electron chi connectivity index (χ3n) is 3.88. The van der Waals surface area contributed by atoms with Gasteiger partial charge in [0, 0.05) is 17.3 Å². The quantitative estimate of drug-likeness (QED) is 0.458. The van der Waals surface area contributed by atoms with E-state index < -0.39 is 0 Å². The van der Waals surface area contributed by atoms with Gasteiger partial charge in [-0.2, -0.15) is 0 Å². The second-order valence-corrected chi connectivity index (χ2v) is 6.45. The van der Waals surface area contributed by atoms with Crippen molar-refractivity contribution >= 4 is 17.3 Å². The Morgan fingerprint density at radius 2 is 1.36 bits per heavy atom. The summed E-state index contributed by atoms with van der Waals surface area (Å²) in [7, 11) is 0. The van der Waals surface area contributed by atoms with E-state index in [0.29, 0.717) is 11.6 Å². The lowest BCUT2D eigenvalue weighted by molar-refractivity contribution is 0.304. The number of hydrogen-bond acceptors (Lipinski definition) is 3. The van der Waals surface area contributed by atoms with Gasteiger partial charge in [-0.1, -0.05) is 44.2 Å². The first-order valence-electron chi connectivity index (χ1n) is 9.13. The lowest BCUT2D eigenvalue weighted by atomic mass is 10.2. The first-order chi connectivity index (χ1) is 12.3. The van der Waals surface area contributed by atoms with Crippen LogP contribution in [0.15, 0.2) is 48.5 Å². The molecule has 0 fully saturated rings. The van der Waals surface area contributed by atoms with Crippen LogP contribution < -0.4 is 14.8 Å². The zero-order valence-electron chi connectivity index (χ0n) is 15.0. The summed E-state index contributed by atoms with van der Waals surface area (Å²) in [6.45, 7) is 4.36. The highest BCUT2D eigenvalue weighted by atomic mass is 35.5. The Morgan fingerprint density at radius 3 is 2.04 bits per heavy atom. The van der Waals surface area contributed by atoms with Crippen LogP contribution in [0.4, 0.5) is 5.69 Å². The Labute approximate surface area is 156 Å². The van der Waals surface area contributed by atoms with Gasteiger partial charge in [0.05, 0.1) is 6.61 Å². The van der Waals surface area contributed by atoms with Crippen molar-refractivity contribution in [3.05, 3.63) is 53.6 Å². The van der Waals surface area contributed by atoms with Crippen molar-refractivity contribution < 1.29 is 9.47 Å². The van der Waals surface area contributed by atoms with Gasteiger partial charge in [-0.3, -0.25) is 0 Å². The summed E-state index contributed by atoms with van der Waals surface area (Å²) in [6, 6.07) is 15.5. The average molecular weight is 362 g/mol. The van der Waals surface area contributed by atoms with Crippen molar-refractivity contribution in [2.24, 2.45) is 0 Å². The Hall–Kier alpha value is -1.87. The van der Waals surface area contributed by atoms with Crippen LogP contribution in [-0.2, 0) is 0 Å². The molecular weight excluding hydrogens is 334 g/mol. The SMILES string of the molecule is CCCCCCCOc1ccc(NCCOc2ccc(Cl)cc2)cc1. The Morgan fingerprint density at radius 1 is 0.760 bits per heavy atom. The zero-order chi connectivity index (χ0) is 17.7. The molecule has 2 aromatic carbocycles. The summed E-state index contributed by atoms with van der Waals surface area (Å²) in [5.41, 5.74) is 1.06. The molecule has 0 heterocycles. The second kappa shape index (κ2) is 11.6. The predicted octanol–water partition coefficient (Wildman–Crippen LogP) is 6.18. The Bertz CT molecular complexity index is 584. The molecule has 1 N–H and O–H groups in total. The number of unbranched alkanes of at least 4 members (excludes halogenated alkanes) is 4. The van der Waals surface area contributed by atoms with Crippen LogP contribution in [0, 0.1) is 0 Å². The molecule has 0 atom stereocenters. The number of nitrogens with one attached hydrogen (secondary N) is 1. The number of hydrogen-bond donors (Lipinski definition) is 1. The molecule has 3 nitrogen and oxygen atoms in total. The molecule has 0 radical (unpaired) electrons. The van der Waals surface area contributed by atoms with Gasteiger partial charge in [-0.25, -0.2) is 0 Å². The Kier molecular flexibility index (Phi) is 9.06. The average Bonchev–Trinajstić information content (AvgIpc) is 2.64. The van der Waals surface area contributed by atoms with Crippen LogP contribution in [0.2, 0.25) is 5.02 Å². The van der Waals surface area contributed by atoms with Crippen molar-refractivity contribution in [1.82, 2.24) is 0 Å². The number of benzene rings is 2. The fraction of sp³-hybridized carbons (Fsp3) is 0.429. The van der Waals surface area contributed by atoms with Crippen LogP contribution >= 0.6 is 11.6 Å². The number of halogens is 1. The smallest absolute Gasteiger partial charge is 0.119 e. The molecule has 25 heavy (non-hydrogen) atoms. The van der Waals surface area contributed by atoms with Crippen LogP contribution in [-0.4, -0.2) is 19.8 Å². The van der Waals surface area contributed by atoms with Gasteiger partial charge in [0.2, 0.25) is 0 Å². The summed E-state index contributed by atoms with van der Waals surface area (Å²) >= 11 is 5.85. The topological polar surface area (TPSA) is 30.5 Å². The summed E-state index contributed by atoms with van der Waals surface area (Å²) < 4.78 is 11.4. The lowest BCUT2D eigenvalue weighted by Gasteiger charge is -2.10. The third-order valence-corrected chi connectivity index (χ3v) is 4.14. The summed E-state index contributed by atoms with van der Waals surface area (Å²) in [4.78, 5) is 0. The molecule has 0 unspecified atom stereocenters. The minimum Gasteiger partial charge on any atom is -0.494 e. The van der Waals surface area contributed by atoms with E-state index in [4.69, 9.17) is 21.1 Å². The third kappa shape index (κ3) is 8.17. The van der Waals surface area contributed by atoms with E-state index in [1.54, 1.807) is 0 Å². The first-order valence-corrected chi connectivity index (χ1v) is 9.51. The molecule has 0 bridgehead atoms. The number of ether oxygens (including phenoxy) is 2. The largest absolute Gasteiger partial charge is 0.494 e. The van der Waals surface area contributed by atoms with Crippen molar-refractivity contribution in [2.45, 2.75) is 39.0 Å². The van der Waals surface area contributed by atoms with Gasteiger partial charge in [-0.05, 0) is 55.0 Å². The van der Waals surface area contributed by atoms with E-state index in [0.717, 1.165) is 36.8 Å². The second-order valence-electron chi connectivity index (χ2n) is 6.02. The van der Waals surface area contributed by atoms with Crippen LogP contribution in [0.1, 0.15) is 39.0 Å². The van der Waals surface area contributed by atoms with E-state index in [-0.39, 0.29) is 0 Å². The summed E-state index contributed by atoms with van der Waals surface area (Å²) in [6.07, 6.45) is 6.28. The van der Waals surface area contributed by atoms with Gasteiger partial charge in [0.15, 0.2) is 0 Å². The maximum Gasteiger partial charge on any atom is 0.119 e. The fourth-order valence-corrected chi connectivity index (χ4v) is 2.59. The van der Waals surface area contributed by atoms with E-state index in [1.807, 2.05) is 48.5 Å². The molecule has 0 aliphatic carbocycles. The lowest BCUT2D eigenvalue weighted by Crippen LogP contribution is -2.11. The Balaban J connectivity index is 1.59. The maximum atomic E-state index is 5.85. The fourth-order valence-electron chi connectivity index (χ4n) is 2.46. The van der Waals surface area contributed by atoms with Gasteiger partial charge in [0.25, 0.3) is 0 Å². The minimum atomic E-state index is 0.595. The predicted molar refractivity (Wildman–Crippen MR) is 106 cm³/mol. The molecule has 0 amide bonds. The van der Waals surface area contributed by atoms with Crippen LogP contribution in [0.3, 0.4) is 0 Å². The summed E-state index contributed by atoms with van der Waals surface area (Å²) in [5.74, 6) is 1.76. The number of rotatable bonds is 12. The first kappa shape index (κ1) is 19.5.